The van der Waals surface area contributed by atoms with Crippen LogP contribution in [0.1, 0.15) is 0 Å². The number of rotatable bonds is 40. The van der Waals surface area contributed by atoms with Crippen molar-refractivity contribution in [3.05, 3.63) is 12.7 Å². The van der Waals surface area contributed by atoms with Gasteiger partial charge in [-0.3, -0.25) is 0 Å². The van der Waals surface area contributed by atoms with Crippen molar-refractivity contribution in [2.45, 2.75) is 0 Å². The fourth-order valence-corrected chi connectivity index (χ4v) is 3.17. The van der Waals surface area contributed by atoms with Crippen LogP contribution in [0.5, 0.6) is 0 Å². The summed E-state index contributed by atoms with van der Waals surface area (Å²) in [5, 5.41) is 0. The fraction of sp³-hybridized carbons (Fsp3) is 0.931. The van der Waals surface area contributed by atoms with E-state index < -0.39 is 0 Å². The van der Waals surface area contributed by atoms with Crippen LogP contribution in [0.2, 0.25) is 0 Å². The maximum absolute atomic E-state index is 5.47. The van der Waals surface area contributed by atoms with E-state index in [0.29, 0.717) is 165 Å². The van der Waals surface area contributed by atoms with Gasteiger partial charge in [0.1, 0.15) is 0 Å². The van der Waals surface area contributed by atoms with Gasteiger partial charge in [0.05, 0.1) is 172 Å². The van der Waals surface area contributed by atoms with Crippen LogP contribution in [0.15, 0.2) is 12.7 Å². The Morgan fingerprint density at radius 1 is 0.279 bits per heavy atom. The zero-order valence-corrected chi connectivity index (χ0v) is 28.2. The van der Waals surface area contributed by atoms with Crippen LogP contribution in [0.3, 0.4) is 0 Å². The molecule has 0 unspecified atom stereocenters. The zero-order valence-electron chi connectivity index (χ0n) is 26.1. The van der Waals surface area contributed by atoms with Crippen molar-refractivity contribution in [2.24, 2.45) is 0 Å². The average molecular weight is 741 g/mol. The molecule has 0 aliphatic rings. The molecule has 0 fully saturated rings. The van der Waals surface area contributed by atoms with E-state index in [1.54, 1.807) is 6.08 Å². The number of alkyl halides is 1. The SMILES string of the molecule is C=CCOCCOCCOCCOCCOCCOCCOCCOCCOCCOCCOCCOCCOCCI. The first-order valence-corrected chi connectivity index (χ1v) is 16.6. The molecule has 0 radical (unpaired) electrons. The minimum atomic E-state index is 0.513. The molecule has 0 aliphatic carbocycles. The van der Waals surface area contributed by atoms with Crippen LogP contribution in [0, 0.1) is 0 Å². The molecule has 14 heteroatoms. The lowest BCUT2D eigenvalue weighted by Gasteiger charge is -2.09. The van der Waals surface area contributed by atoms with Gasteiger partial charge in [-0.05, 0) is 0 Å². The fourth-order valence-electron chi connectivity index (χ4n) is 2.86. The third-order valence-electron chi connectivity index (χ3n) is 4.92. The molecule has 0 saturated carbocycles. The van der Waals surface area contributed by atoms with Gasteiger partial charge in [0.2, 0.25) is 0 Å². The van der Waals surface area contributed by atoms with E-state index in [2.05, 4.69) is 29.2 Å². The molecule has 0 aromatic rings. The molecular weight excluding hydrogens is 683 g/mol. The molecule has 0 spiro atoms. The number of hydrogen-bond acceptors (Lipinski definition) is 13. The second kappa shape index (κ2) is 42.0. The summed E-state index contributed by atoms with van der Waals surface area (Å²) >= 11 is 2.28. The third-order valence-corrected chi connectivity index (χ3v) is 5.36. The van der Waals surface area contributed by atoms with Crippen molar-refractivity contribution < 1.29 is 61.6 Å². The molecule has 0 bridgehead atoms. The van der Waals surface area contributed by atoms with E-state index in [4.69, 9.17) is 61.6 Å². The summed E-state index contributed by atoms with van der Waals surface area (Å²) in [6, 6.07) is 0. The van der Waals surface area contributed by atoms with Gasteiger partial charge in [-0.25, -0.2) is 0 Å². The summed E-state index contributed by atoms with van der Waals surface area (Å²) in [7, 11) is 0. The van der Waals surface area contributed by atoms with Crippen molar-refractivity contribution >= 4 is 22.6 Å². The standard InChI is InChI=1S/C29H57IO13/c1-2-4-31-6-8-33-10-12-35-14-16-37-18-20-39-22-24-41-26-28-43-29-27-42-25-23-40-21-19-38-17-15-36-13-11-34-9-7-32-5-3-30/h2H,1,3-29H2. The summed E-state index contributed by atoms with van der Waals surface area (Å²) in [5.41, 5.74) is 0. The Morgan fingerprint density at radius 3 is 0.605 bits per heavy atom. The molecule has 0 saturated heterocycles. The number of ether oxygens (including phenoxy) is 13. The first-order chi connectivity index (χ1) is 21.4. The Morgan fingerprint density at radius 2 is 0.442 bits per heavy atom. The van der Waals surface area contributed by atoms with Crippen LogP contribution < -0.4 is 0 Å². The van der Waals surface area contributed by atoms with Gasteiger partial charge >= 0.3 is 0 Å². The number of hydrogen-bond donors (Lipinski definition) is 0. The van der Waals surface area contributed by atoms with Crippen molar-refractivity contribution in [3.63, 3.8) is 0 Å². The van der Waals surface area contributed by atoms with E-state index in [-0.39, 0.29) is 0 Å². The summed E-state index contributed by atoms with van der Waals surface area (Å²) in [6.45, 7) is 17.7. The van der Waals surface area contributed by atoms with Gasteiger partial charge < -0.3 is 61.6 Å². The molecule has 43 heavy (non-hydrogen) atoms. The monoisotopic (exact) mass is 740 g/mol. The molecule has 0 amide bonds. The Balaban J connectivity index is 3.03. The normalized spacial score (nSPS) is 11.5. The highest BCUT2D eigenvalue weighted by Gasteiger charge is 1.96. The minimum absolute atomic E-state index is 0.513. The molecule has 13 nitrogen and oxygen atoms in total. The Kier molecular flexibility index (Phi) is 41.9. The van der Waals surface area contributed by atoms with E-state index in [0.717, 1.165) is 11.0 Å². The van der Waals surface area contributed by atoms with Crippen molar-refractivity contribution in [2.75, 3.05) is 176 Å². The Bertz CT molecular complexity index is 509. The molecule has 0 aliphatic heterocycles. The predicted molar refractivity (Wildman–Crippen MR) is 170 cm³/mol. The number of halogens is 1. The lowest BCUT2D eigenvalue weighted by Crippen LogP contribution is -2.15. The van der Waals surface area contributed by atoms with Gasteiger partial charge in [-0.1, -0.05) is 28.7 Å². The molecule has 0 aromatic heterocycles. The lowest BCUT2D eigenvalue weighted by atomic mass is 10.6. The highest BCUT2D eigenvalue weighted by Crippen LogP contribution is 1.88. The first kappa shape index (κ1) is 43.0. The first-order valence-electron chi connectivity index (χ1n) is 15.1. The molecule has 0 atom stereocenters. The second-order valence-corrected chi connectivity index (χ2v) is 9.48. The van der Waals surface area contributed by atoms with E-state index in [9.17, 15) is 0 Å². The van der Waals surface area contributed by atoms with Crippen molar-refractivity contribution in [1.82, 2.24) is 0 Å². The highest BCUT2D eigenvalue weighted by molar-refractivity contribution is 14.1. The van der Waals surface area contributed by atoms with Gasteiger partial charge in [0.15, 0.2) is 0 Å². The largest absolute Gasteiger partial charge is 0.378 e. The summed E-state index contributed by atoms with van der Waals surface area (Å²) < 4.78 is 71.4. The molecule has 0 N–H and O–H groups in total. The lowest BCUT2D eigenvalue weighted by molar-refractivity contribution is -0.0288. The topological polar surface area (TPSA) is 120 Å². The molecule has 0 heterocycles. The molecule has 0 aromatic carbocycles. The third kappa shape index (κ3) is 42.0. The maximum Gasteiger partial charge on any atom is 0.0704 e. The quantitative estimate of drug-likeness (QED) is 0.0394. The summed E-state index contributed by atoms with van der Waals surface area (Å²) in [4.78, 5) is 0. The zero-order chi connectivity index (χ0) is 31.0. The highest BCUT2D eigenvalue weighted by atomic mass is 127. The van der Waals surface area contributed by atoms with E-state index in [1.165, 1.54) is 0 Å². The maximum atomic E-state index is 5.47. The van der Waals surface area contributed by atoms with Crippen LogP contribution in [0.4, 0.5) is 0 Å². The second-order valence-electron chi connectivity index (χ2n) is 8.40. The predicted octanol–water partition coefficient (Wildman–Crippen LogP) is 1.82. The average Bonchev–Trinajstić information content (AvgIpc) is 3.02. The van der Waals surface area contributed by atoms with Gasteiger partial charge in [-0.15, -0.1) is 6.58 Å². The van der Waals surface area contributed by atoms with Crippen molar-refractivity contribution in [1.29, 1.82) is 0 Å². The van der Waals surface area contributed by atoms with Gasteiger partial charge in [0.25, 0.3) is 0 Å². The molecule has 258 valence electrons. The summed E-state index contributed by atoms with van der Waals surface area (Å²) in [5.74, 6) is 0. The van der Waals surface area contributed by atoms with Gasteiger partial charge in [0, 0.05) is 4.43 Å². The minimum Gasteiger partial charge on any atom is -0.378 e. The smallest absolute Gasteiger partial charge is 0.0704 e. The van der Waals surface area contributed by atoms with Crippen molar-refractivity contribution in [3.8, 4) is 0 Å². The Hall–Kier alpha value is -0.0500. The Labute approximate surface area is 272 Å². The van der Waals surface area contributed by atoms with E-state index in [1.807, 2.05) is 0 Å². The van der Waals surface area contributed by atoms with Crippen LogP contribution in [-0.2, 0) is 61.6 Å². The van der Waals surface area contributed by atoms with Gasteiger partial charge in [-0.2, -0.15) is 0 Å². The molecule has 0 rings (SSSR count). The van der Waals surface area contributed by atoms with Crippen LogP contribution >= 0.6 is 22.6 Å². The molecular formula is C29H57IO13. The summed E-state index contributed by atoms with van der Waals surface area (Å²) in [6.07, 6.45) is 1.71. The van der Waals surface area contributed by atoms with Crippen LogP contribution in [-0.4, -0.2) is 176 Å². The van der Waals surface area contributed by atoms with Crippen LogP contribution in [0.25, 0.3) is 0 Å². The van der Waals surface area contributed by atoms with E-state index >= 15 is 0 Å².